The van der Waals surface area contributed by atoms with Crippen molar-refractivity contribution in [3.05, 3.63) is 48.6 Å². The van der Waals surface area contributed by atoms with Crippen molar-refractivity contribution in [3.8, 4) is 0 Å². The third-order valence-electron chi connectivity index (χ3n) is 2.27. The van der Waals surface area contributed by atoms with Gasteiger partial charge in [0.25, 0.3) is 0 Å². The van der Waals surface area contributed by atoms with E-state index in [2.05, 4.69) is 24.0 Å². The first-order valence-electron chi connectivity index (χ1n) is 5.63. The van der Waals surface area contributed by atoms with Gasteiger partial charge in [0.05, 0.1) is 0 Å². The molecule has 0 fully saturated rings. The van der Waals surface area contributed by atoms with E-state index in [1.165, 1.54) is 11.6 Å². The molecule has 0 bridgehead atoms. The third kappa shape index (κ3) is 5.31. The van der Waals surface area contributed by atoms with Crippen molar-refractivity contribution in [2.75, 3.05) is 6.54 Å². The third-order valence-corrected chi connectivity index (χ3v) is 2.27. The quantitative estimate of drug-likeness (QED) is 0.605. The molecule has 0 aliphatic carbocycles. The highest BCUT2D eigenvalue weighted by atomic mass is 16.6. The van der Waals surface area contributed by atoms with E-state index < -0.39 is 11.6 Å². The Morgan fingerprint density at radius 3 is 2.65 bits per heavy atom. The Morgan fingerprint density at radius 2 is 2.06 bits per heavy atom. The lowest BCUT2D eigenvalue weighted by molar-refractivity contribution is -0.149. The molecule has 0 spiro atoms. The van der Waals surface area contributed by atoms with E-state index in [4.69, 9.17) is 4.74 Å². The number of esters is 1. The molecule has 92 valence electrons. The lowest BCUT2D eigenvalue weighted by atomic mass is 10.1. The molecule has 0 radical (unpaired) electrons. The first kappa shape index (κ1) is 13.5. The van der Waals surface area contributed by atoms with Crippen molar-refractivity contribution in [1.82, 2.24) is 5.32 Å². The van der Waals surface area contributed by atoms with Crippen LogP contribution in [0.3, 0.4) is 0 Å². The zero-order valence-corrected chi connectivity index (χ0v) is 10.4. The topological polar surface area (TPSA) is 38.3 Å². The molecule has 0 atom stereocenters. The van der Waals surface area contributed by atoms with Crippen LogP contribution in [0.1, 0.15) is 19.4 Å². The van der Waals surface area contributed by atoms with Crippen LogP contribution in [0.25, 0.3) is 0 Å². The minimum atomic E-state index is -0.528. The lowest BCUT2D eigenvalue weighted by Crippen LogP contribution is -2.38. The second-order valence-corrected chi connectivity index (χ2v) is 4.47. The van der Waals surface area contributed by atoms with Crippen molar-refractivity contribution in [3.63, 3.8) is 0 Å². The summed E-state index contributed by atoms with van der Waals surface area (Å²) >= 11 is 0. The SMILES string of the molecule is C=CC(=O)OC(C)(C)CNCc1ccccc1. The summed E-state index contributed by atoms with van der Waals surface area (Å²) in [5.41, 5.74) is 0.679. The number of benzene rings is 1. The van der Waals surface area contributed by atoms with E-state index in [-0.39, 0.29) is 0 Å². The summed E-state index contributed by atoms with van der Waals surface area (Å²) in [7, 11) is 0. The minimum Gasteiger partial charge on any atom is -0.455 e. The number of hydrogen-bond acceptors (Lipinski definition) is 3. The average molecular weight is 233 g/mol. The second kappa shape index (κ2) is 6.21. The molecule has 0 saturated carbocycles. The number of hydrogen-bond donors (Lipinski definition) is 1. The van der Waals surface area contributed by atoms with Crippen LogP contribution in [0.2, 0.25) is 0 Å². The smallest absolute Gasteiger partial charge is 0.330 e. The van der Waals surface area contributed by atoms with E-state index in [1.807, 2.05) is 32.0 Å². The number of rotatable bonds is 6. The van der Waals surface area contributed by atoms with Crippen LogP contribution < -0.4 is 5.32 Å². The van der Waals surface area contributed by atoms with Gasteiger partial charge >= 0.3 is 5.97 Å². The van der Waals surface area contributed by atoms with Crippen LogP contribution in [0.15, 0.2) is 43.0 Å². The van der Waals surface area contributed by atoms with Gasteiger partial charge in [-0.25, -0.2) is 4.79 Å². The van der Waals surface area contributed by atoms with E-state index in [9.17, 15) is 4.79 Å². The van der Waals surface area contributed by atoms with Crippen molar-refractivity contribution < 1.29 is 9.53 Å². The van der Waals surface area contributed by atoms with Crippen LogP contribution in [-0.2, 0) is 16.1 Å². The number of ether oxygens (including phenoxy) is 1. The Labute approximate surface area is 102 Å². The minimum absolute atomic E-state index is 0.392. The van der Waals surface area contributed by atoms with Crippen LogP contribution >= 0.6 is 0 Å². The molecular formula is C14H19NO2. The molecule has 1 N–H and O–H groups in total. The molecular weight excluding hydrogens is 214 g/mol. The van der Waals surface area contributed by atoms with Crippen molar-refractivity contribution >= 4 is 5.97 Å². The fourth-order valence-electron chi connectivity index (χ4n) is 1.45. The second-order valence-electron chi connectivity index (χ2n) is 4.47. The Balaban J connectivity index is 2.35. The first-order valence-corrected chi connectivity index (χ1v) is 5.63. The van der Waals surface area contributed by atoms with Crippen LogP contribution in [0, 0.1) is 0 Å². The molecule has 1 aromatic rings. The standard InChI is InChI=1S/C14H19NO2/c1-4-13(16)17-14(2,3)11-15-10-12-8-6-5-7-9-12/h4-9,15H,1,10-11H2,2-3H3. The highest BCUT2D eigenvalue weighted by molar-refractivity contribution is 5.81. The Bertz CT molecular complexity index is 371. The predicted octanol–water partition coefficient (Wildman–Crippen LogP) is 2.28. The molecule has 0 aliphatic rings. The largest absolute Gasteiger partial charge is 0.455 e. The zero-order valence-electron chi connectivity index (χ0n) is 10.4. The molecule has 0 heterocycles. The summed E-state index contributed by atoms with van der Waals surface area (Å²) in [6, 6.07) is 10.1. The normalized spacial score (nSPS) is 10.9. The maximum atomic E-state index is 11.1. The van der Waals surface area contributed by atoms with Gasteiger partial charge in [0.15, 0.2) is 0 Å². The van der Waals surface area contributed by atoms with Crippen molar-refractivity contribution in [2.45, 2.75) is 26.0 Å². The summed E-state index contributed by atoms with van der Waals surface area (Å²) in [6.07, 6.45) is 1.18. The molecule has 0 unspecified atom stereocenters. The number of nitrogens with one attached hydrogen (secondary N) is 1. The van der Waals surface area contributed by atoms with Gasteiger partial charge in [-0.3, -0.25) is 0 Å². The maximum Gasteiger partial charge on any atom is 0.330 e. The summed E-state index contributed by atoms with van der Waals surface area (Å²) in [5.74, 6) is -0.392. The van der Waals surface area contributed by atoms with E-state index in [1.54, 1.807) is 0 Å². The number of carbonyl (C=O) groups excluding carboxylic acids is 1. The molecule has 0 aromatic heterocycles. The Kier molecular flexibility index (Phi) is 4.91. The van der Waals surface area contributed by atoms with Gasteiger partial charge in [0.2, 0.25) is 0 Å². The van der Waals surface area contributed by atoms with Crippen LogP contribution in [-0.4, -0.2) is 18.1 Å². The van der Waals surface area contributed by atoms with Crippen LogP contribution in [0.5, 0.6) is 0 Å². The number of carbonyl (C=O) groups is 1. The molecule has 0 amide bonds. The van der Waals surface area contributed by atoms with E-state index in [0.29, 0.717) is 6.54 Å². The monoisotopic (exact) mass is 233 g/mol. The fraction of sp³-hybridized carbons (Fsp3) is 0.357. The summed E-state index contributed by atoms with van der Waals surface area (Å²) in [6.45, 7) is 8.47. The Hall–Kier alpha value is -1.61. The highest BCUT2D eigenvalue weighted by Crippen LogP contribution is 2.08. The van der Waals surface area contributed by atoms with E-state index >= 15 is 0 Å². The molecule has 1 rings (SSSR count). The van der Waals surface area contributed by atoms with Gasteiger partial charge in [0, 0.05) is 19.2 Å². The van der Waals surface area contributed by atoms with Gasteiger partial charge in [-0.15, -0.1) is 0 Å². The van der Waals surface area contributed by atoms with Gasteiger partial charge in [0.1, 0.15) is 5.60 Å². The summed E-state index contributed by atoms with van der Waals surface area (Å²) in [5, 5.41) is 3.26. The first-order chi connectivity index (χ1) is 8.03. The molecule has 17 heavy (non-hydrogen) atoms. The van der Waals surface area contributed by atoms with Gasteiger partial charge in [-0.05, 0) is 19.4 Å². The van der Waals surface area contributed by atoms with Crippen molar-refractivity contribution in [2.24, 2.45) is 0 Å². The summed E-state index contributed by atoms with van der Waals surface area (Å²) in [4.78, 5) is 11.1. The van der Waals surface area contributed by atoms with Crippen LogP contribution in [0.4, 0.5) is 0 Å². The van der Waals surface area contributed by atoms with Crippen molar-refractivity contribution in [1.29, 1.82) is 0 Å². The van der Waals surface area contributed by atoms with Gasteiger partial charge in [-0.2, -0.15) is 0 Å². The summed E-state index contributed by atoms with van der Waals surface area (Å²) < 4.78 is 5.21. The zero-order chi connectivity index (χ0) is 12.7. The van der Waals surface area contributed by atoms with Gasteiger partial charge < -0.3 is 10.1 Å². The lowest BCUT2D eigenvalue weighted by Gasteiger charge is -2.24. The molecule has 3 nitrogen and oxygen atoms in total. The molecule has 3 heteroatoms. The average Bonchev–Trinajstić information content (AvgIpc) is 2.29. The maximum absolute atomic E-state index is 11.1. The molecule has 0 aliphatic heterocycles. The molecule has 0 saturated heterocycles. The predicted molar refractivity (Wildman–Crippen MR) is 68.5 cm³/mol. The van der Waals surface area contributed by atoms with Gasteiger partial charge in [-0.1, -0.05) is 36.9 Å². The Morgan fingerprint density at radius 1 is 1.41 bits per heavy atom. The fourth-order valence-corrected chi connectivity index (χ4v) is 1.45. The molecule has 1 aromatic carbocycles. The highest BCUT2D eigenvalue weighted by Gasteiger charge is 2.20. The van der Waals surface area contributed by atoms with E-state index in [0.717, 1.165) is 6.54 Å².